The zero-order valence-corrected chi connectivity index (χ0v) is 10.9. The topological polar surface area (TPSA) is 49.4 Å². The molecule has 2 rings (SSSR count). The highest BCUT2D eigenvalue weighted by Gasteiger charge is 2.19. The van der Waals surface area contributed by atoms with Crippen LogP contribution in [0.15, 0.2) is 18.2 Å². The Labute approximate surface area is 111 Å². The lowest BCUT2D eigenvalue weighted by molar-refractivity contribution is -0.129. The van der Waals surface area contributed by atoms with E-state index in [2.05, 4.69) is 5.32 Å². The van der Waals surface area contributed by atoms with Crippen molar-refractivity contribution in [2.45, 2.75) is 19.8 Å². The molecule has 1 heterocycles. The van der Waals surface area contributed by atoms with Crippen molar-refractivity contribution in [3.8, 4) is 0 Å². The lowest BCUT2D eigenvalue weighted by atomic mass is 10.1. The van der Waals surface area contributed by atoms with Gasteiger partial charge in [0.05, 0.1) is 12.1 Å². The molecule has 0 radical (unpaired) electrons. The summed E-state index contributed by atoms with van der Waals surface area (Å²) in [5.41, 5.74) is 0.396. The number of hydrogen-bond acceptors (Lipinski definition) is 2. The first-order valence-electron chi connectivity index (χ1n) is 6.40. The summed E-state index contributed by atoms with van der Waals surface area (Å²) in [5.74, 6) is -1.19. The highest BCUT2D eigenvalue weighted by molar-refractivity contribution is 5.96. The lowest BCUT2D eigenvalue weighted by Gasteiger charge is -2.15. The molecule has 1 aliphatic heterocycles. The molecule has 0 bridgehead atoms. The molecule has 1 aromatic carbocycles. The van der Waals surface area contributed by atoms with Gasteiger partial charge in [-0.2, -0.15) is 0 Å². The average Bonchev–Trinajstić information content (AvgIpc) is 2.93. The van der Waals surface area contributed by atoms with Crippen LogP contribution in [-0.4, -0.2) is 36.3 Å². The van der Waals surface area contributed by atoms with Crippen molar-refractivity contribution >= 4 is 11.8 Å². The van der Waals surface area contributed by atoms with Gasteiger partial charge in [-0.1, -0.05) is 12.1 Å². The molecule has 0 spiro atoms. The third kappa shape index (κ3) is 3.10. The van der Waals surface area contributed by atoms with E-state index in [0.29, 0.717) is 5.56 Å². The summed E-state index contributed by atoms with van der Waals surface area (Å²) < 4.78 is 13.7. The van der Waals surface area contributed by atoms with Gasteiger partial charge in [0.2, 0.25) is 5.91 Å². The SMILES string of the molecule is Cc1cccc(C(=O)NCC(=O)N2CCCC2)c1F. The van der Waals surface area contributed by atoms with E-state index < -0.39 is 11.7 Å². The molecule has 1 aromatic rings. The van der Waals surface area contributed by atoms with Gasteiger partial charge < -0.3 is 10.2 Å². The number of amides is 2. The van der Waals surface area contributed by atoms with Crippen LogP contribution in [0.25, 0.3) is 0 Å². The third-order valence-electron chi connectivity index (χ3n) is 3.30. The van der Waals surface area contributed by atoms with E-state index in [1.165, 1.54) is 6.07 Å². The van der Waals surface area contributed by atoms with Crippen molar-refractivity contribution in [1.82, 2.24) is 10.2 Å². The van der Waals surface area contributed by atoms with E-state index in [1.807, 2.05) is 0 Å². The largest absolute Gasteiger partial charge is 0.343 e. The Morgan fingerprint density at radius 2 is 2.00 bits per heavy atom. The van der Waals surface area contributed by atoms with Gasteiger partial charge in [-0.25, -0.2) is 4.39 Å². The molecule has 19 heavy (non-hydrogen) atoms. The predicted octanol–water partition coefficient (Wildman–Crippen LogP) is 1.49. The molecular formula is C14H17FN2O2. The highest BCUT2D eigenvalue weighted by Crippen LogP contribution is 2.11. The van der Waals surface area contributed by atoms with Crippen molar-refractivity contribution in [2.75, 3.05) is 19.6 Å². The van der Waals surface area contributed by atoms with Gasteiger partial charge in [0.15, 0.2) is 0 Å². The molecule has 4 nitrogen and oxygen atoms in total. The molecule has 1 aliphatic rings. The minimum Gasteiger partial charge on any atom is -0.343 e. The average molecular weight is 264 g/mol. The first-order valence-corrected chi connectivity index (χ1v) is 6.40. The molecule has 102 valence electrons. The predicted molar refractivity (Wildman–Crippen MR) is 69.3 cm³/mol. The molecule has 2 amide bonds. The zero-order chi connectivity index (χ0) is 13.8. The maximum absolute atomic E-state index is 13.7. The van der Waals surface area contributed by atoms with Gasteiger partial charge in [-0.3, -0.25) is 9.59 Å². The standard InChI is InChI=1S/C14H17FN2O2/c1-10-5-4-6-11(13(10)15)14(19)16-9-12(18)17-7-2-3-8-17/h4-6H,2-3,7-9H2,1H3,(H,16,19). The van der Waals surface area contributed by atoms with Gasteiger partial charge in [0.25, 0.3) is 5.91 Å². The van der Waals surface area contributed by atoms with Gasteiger partial charge in [-0.15, -0.1) is 0 Å². The monoisotopic (exact) mass is 264 g/mol. The number of aryl methyl sites for hydroxylation is 1. The molecule has 0 saturated carbocycles. The summed E-state index contributed by atoms with van der Waals surface area (Å²) in [4.78, 5) is 25.3. The number of likely N-dealkylation sites (tertiary alicyclic amines) is 1. The molecule has 1 saturated heterocycles. The molecule has 0 aliphatic carbocycles. The summed E-state index contributed by atoms with van der Waals surface area (Å²) in [6.07, 6.45) is 2.01. The molecule has 0 atom stereocenters. The molecule has 5 heteroatoms. The quantitative estimate of drug-likeness (QED) is 0.899. The number of nitrogens with one attached hydrogen (secondary N) is 1. The number of rotatable bonds is 3. The maximum Gasteiger partial charge on any atom is 0.254 e. The number of hydrogen-bond donors (Lipinski definition) is 1. The van der Waals surface area contributed by atoms with Gasteiger partial charge in [-0.05, 0) is 31.4 Å². The molecule has 1 N–H and O–H groups in total. The van der Waals surface area contributed by atoms with Crippen LogP contribution in [0.5, 0.6) is 0 Å². The molecule has 0 unspecified atom stereocenters. The molecule has 1 fully saturated rings. The maximum atomic E-state index is 13.7. The molecular weight excluding hydrogens is 247 g/mol. The second-order valence-corrected chi connectivity index (χ2v) is 4.71. The van der Waals surface area contributed by atoms with Gasteiger partial charge in [0.1, 0.15) is 5.82 Å². The van der Waals surface area contributed by atoms with Crippen LogP contribution in [0.4, 0.5) is 4.39 Å². The normalized spacial score (nSPS) is 14.5. The Kier molecular flexibility index (Phi) is 4.14. The van der Waals surface area contributed by atoms with Gasteiger partial charge in [0, 0.05) is 13.1 Å². The minimum absolute atomic E-state index is 0.0192. The molecule has 0 aromatic heterocycles. The third-order valence-corrected chi connectivity index (χ3v) is 3.30. The first kappa shape index (κ1) is 13.5. The smallest absolute Gasteiger partial charge is 0.254 e. The van der Waals surface area contributed by atoms with E-state index in [0.717, 1.165) is 25.9 Å². The first-order chi connectivity index (χ1) is 9.09. The van der Waals surface area contributed by atoms with Crippen LogP contribution in [0, 0.1) is 12.7 Å². The van der Waals surface area contributed by atoms with E-state index in [4.69, 9.17) is 0 Å². The summed E-state index contributed by atoms with van der Waals surface area (Å²) in [6.45, 7) is 3.01. The van der Waals surface area contributed by atoms with Crippen molar-refractivity contribution in [3.63, 3.8) is 0 Å². The lowest BCUT2D eigenvalue weighted by Crippen LogP contribution is -2.38. The van der Waals surface area contributed by atoms with Crippen LogP contribution in [0.3, 0.4) is 0 Å². The van der Waals surface area contributed by atoms with E-state index in [9.17, 15) is 14.0 Å². The summed E-state index contributed by atoms with van der Waals surface area (Å²) >= 11 is 0. The summed E-state index contributed by atoms with van der Waals surface area (Å²) in [7, 11) is 0. The van der Waals surface area contributed by atoms with Crippen molar-refractivity contribution in [2.24, 2.45) is 0 Å². The van der Waals surface area contributed by atoms with Crippen LogP contribution >= 0.6 is 0 Å². The fourth-order valence-corrected chi connectivity index (χ4v) is 2.15. The van der Waals surface area contributed by atoms with Crippen molar-refractivity contribution < 1.29 is 14.0 Å². The number of carbonyl (C=O) groups is 2. The fourth-order valence-electron chi connectivity index (χ4n) is 2.15. The second-order valence-electron chi connectivity index (χ2n) is 4.71. The van der Waals surface area contributed by atoms with E-state index >= 15 is 0 Å². The van der Waals surface area contributed by atoms with E-state index in [-0.39, 0.29) is 18.0 Å². The summed E-state index contributed by atoms with van der Waals surface area (Å²) in [5, 5.41) is 2.47. The number of halogens is 1. The Morgan fingerprint density at radius 3 is 2.68 bits per heavy atom. The highest BCUT2D eigenvalue weighted by atomic mass is 19.1. The zero-order valence-electron chi connectivity index (χ0n) is 10.9. The Balaban J connectivity index is 1.94. The Morgan fingerprint density at radius 1 is 1.32 bits per heavy atom. The van der Waals surface area contributed by atoms with Crippen molar-refractivity contribution in [3.05, 3.63) is 35.1 Å². The number of carbonyl (C=O) groups excluding carboxylic acids is 2. The minimum atomic E-state index is -0.547. The Bertz CT molecular complexity index is 496. The van der Waals surface area contributed by atoms with Crippen LogP contribution in [0.2, 0.25) is 0 Å². The van der Waals surface area contributed by atoms with Crippen LogP contribution in [0.1, 0.15) is 28.8 Å². The number of benzene rings is 1. The summed E-state index contributed by atoms with van der Waals surface area (Å²) in [6, 6.07) is 4.63. The number of nitrogens with zero attached hydrogens (tertiary/aromatic N) is 1. The van der Waals surface area contributed by atoms with Gasteiger partial charge >= 0.3 is 0 Å². The van der Waals surface area contributed by atoms with Crippen LogP contribution < -0.4 is 5.32 Å². The van der Waals surface area contributed by atoms with E-state index in [1.54, 1.807) is 24.0 Å². The Hall–Kier alpha value is -1.91. The van der Waals surface area contributed by atoms with Crippen molar-refractivity contribution in [1.29, 1.82) is 0 Å². The van der Waals surface area contributed by atoms with Crippen LogP contribution in [-0.2, 0) is 4.79 Å². The fraction of sp³-hybridized carbons (Fsp3) is 0.429. The second kappa shape index (κ2) is 5.82.